The summed E-state index contributed by atoms with van der Waals surface area (Å²) >= 11 is 0. The summed E-state index contributed by atoms with van der Waals surface area (Å²) in [5, 5.41) is 5.07. The summed E-state index contributed by atoms with van der Waals surface area (Å²) in [5.41, 5.74) is 3.83. The molecule has 1 aliphatic carbocycles. The van der Waals surface area contributed by atoms with Crippen LogP contribution >= 0.6 is 0 Å². The zero-order valence-electron chi connectivity index (χ0n) is 14.8. The van der Waals surface area contributed by atoms with Gasteiger partial charge in [-0.3, -0.25) is 4.79 Å². The molecule has 1 aromatic heterocycles. The van der Waals surface area contributed by atoms with Crippen LogP contribution in [0.4, 0.5) is 0 Å². The average Bonchev–Trinajstić information content (AvgIpc) is 2.94. The van der Waals surface area contributed by atoms with Crippen molar-refractivity contribution >= 4 is 16.9 Å². The summed E-state index contributed by atoms with van der Waals surface area (Å²) in [6.45, 7) is 3.32. The molecule has 2 aliphatic rings. The van der Waals surface area contributed by atoms with Gasteiger partial charge in [0.25, 0.3) is 0 Å². The van der Waals surface area contributed by atoms with Gasteiger partial charge >= 0.3 is 5.97 Å². The number of fused-ring (bicyclic) bond motifs is 5. The van der Waals surface area contributed by atoms with Crippen molar-refractivity contribution in [1.82, 2.24) is 9.88 Å². The van der Waals surface area contributed by atoms with E-state index in [4.69, 9.17) is 4.74 Å². The largest absolute Gasteiger partial charge is 0.469 e. The SMILES string of the molecule is CC[C@]12CCCN[C@H]1c1c(n(C)c3ccccc13)[C@H](C(=O)OC)C2. The monoisotopic (exact) mass is 326 g/mol. The first-order valence-electron chi connectivity index (χ1n) is 9.01. The molecule has 1 aromatic carbocycles. The molecule has 2 aromatic rings. The number of ether oxygens (including phenoxy) is 1. The number of hydrogen-bond acceptors (Lipinski definition) is 3. The molecule has 1 saturated heterocycles. The lowest BCUT2D eigenvalue weighted by Crippen LogP contribution is -2.48. The van der Waals surface area contributed by atoms with E-state index in [9.17, 15) is 4.79 Å². The van der Waals surface area contributed by atoms with E-state index in [-0.39, 0.29) is 17.3 Å². The maximum atomic E-state index is 12.6. The van der Waals surface area contributed by atoms with Crippen molar-refractivity contribution in [3.63, 3.8) is 0 Å². The Morgan fingerprint density at radius 2 is 2.21 bits per heavy atom. The van der Waals surface area contributed by atoms with Crippen molar-refractivity contribution in [1.29, 1.82) is 0 Å². The Morgan fingerprint density at radius 3 is 2.96 bits per heavy atom. The van der Waals surface area contributed by atoms with Crippen LogP contribution in [0.2, 0.25) is 0 Å². The molecule has 0 saturated carbocycles. The molecule has 4 rings (SSSR count). The van der Waals surface area contributed by atoms with E-state index >= 15 is 0 Å². The maximum absolute atomic E-state index is 12.6. The molecule has 0 amide bonds. The van der Waals surface area contributed by atoms with E-state index in [0.717, 1.165) is 25.1 Å². The molecule has 0 radical (unpaired) electrons. The highest BCUT2D eigenvalue weighted by atomic mass is 16.5. The number of methoxy groups -OCH3 is 1. The van der Waals surface area contributed by atoms with Crippen LogP contribution < -0.4 is 5.32 Å². The van der Waals surface area contributed by atoms with Gasteiger partial charge in [-0.05, 0) is 49.3 Å². The number of para-hydroxylation sites is 1. The first-order valence-corrected chi connectivity index (χ1v) is 9.01. The van der Waals surface area contributed by atoms with Crippen LogP contribution in [0.1, 0.15) is 55.8 Å². The topological polar surface area (TPSA) is 43.3 Å². The number of rotatable bonds is 2. The second-order valence-corrected chi connectivity index (χ2v) is 7.36. The summed E-state index contributed by atoms with van der Waals surface area (Å²) < 4.78 is 7.40. The lowest BCUT2D eigenvalue weighted by molar-refractivity contribution is -0.144. The van der Waals surface area contributed by atoms with Gasteiger partial charge in [-0.1, -0.05) is 25.1 Å². The molecule has 2 heterocycles. The van der Waals surface area contributed by atoms with Crippen LogP contribution in [0.3, 0.4) is 0 Å². The van der Waals surface area contributed by atoms with Gasteiger partial charge in [0, 0.05) is 29.7 Å². The summed E-state index contributed by atoms with van der Waals surface area (Å²) in [4.78, 5) is 12.6. The molecule has 1 fully saturated rings. The molecule has 4 heteroatoms. The number of aromatic nitrogens is 1. The highest BCUT2D eigenvalue weighted by Crippen LogP contribution is 2.57. The summed E-state index contributed by atoms with van der Waals surface area (Å²) in [6.07, 6.45) is 4.32. The number of carbonyl (C=O) groups excluding carboxylic acids is 1. The van der Waals surface area contributed by atoms with E-state index in [1.54, 1.807) is 0 Å². The van der Waals surface area contributed by atoms with Crippen molar-refractivity contribution < 1.29 is 9.53 Å². The number of hydrogen-bond donors (Lipinski definition) is 1. The number of piperidine rings is 1. The van der Waals surface area contributed by atoms with E-state index in [1.165, 1.54) is 36.4 Å². The van der Waals surface area contributed by atoms with Crippen LogP contribution in [0.5, 0.6) is 0 Å². The molecule has 4 nitrogen and oxygen atoms in total. The molecule has 128 valence electrons. The number of nitrogens with one attached hydrogen (secondary N) is 1. The molecular formula is C20H26N2O2. The van der Waals surface area contributed by atoms with Gasteiger partial charge in [-0.2, -0.15) is 0 Å². The minimum atomic E-state index is -0.168. The normalized spacial score (nSPS) is 29.1. The van der Waals surface area contributed by atoms with Gasteiger partial charge in [-0.15, -0.1) is 0 Å². The Balaban J connectivity index is 2.02. The predicted molar refractivity (Wildman–Crippen MR) is 95.0 cm³/mol. The summed E-state index contributed by atoms with van der Waals surface area (Å²) in [7, 11) is 3.59. The summed E-state index contributed by atoms with van der Waals surface area (Å²) in [5.74, 6) is -0.266. The number of esters is 1. The van der Waals surface area contributed by atoms with Gasteiger partial charge in [0.05, 0.1) is 13.0 Å². The van der Waals surface area contributed by atoms with Gasteiger partial charge < -0.3 is 14.6 Å². The Bertz CT molecular complexity index is 794. The highest BCUT2D eigenvalue weighted by Gasteiger charge is 2.50. The van der Waals surface area contributed by atoms with Crippen molar-refractivity contribution in [2.24, 2.45) is 12.5 Å². The smallest absolute Gasteiger partial charge is 0.314 e. The third-order valence-electron chi connectivity index (χ3n) is 6.42. The molecule has 0 spiro atoms. The van der Waals surface area contributed by atoms with Crippen LogP contribution in [0, 0.1) is 5.41 Å². The van der Waals surface area contributed by atoms with E-state index in [1.807, 2.05) is 0 Å². The van der Waals surface area contributed by atoms with Crippen LogP contribution in [-0.4, -0.2) is 24.2 Å². The second-order valence-electron chi connectivity index (χ2n) is 7.36. The first-order chi connectivity index (χ1) is 11.6. The fourth-order valence-corrected chi connectivity index (χ4v) is 5.21. The maximum Gasteiger partial charge on any atom is 0.314 e. The standard InChI is InChI=1S/C20H26N2O2/c1-4-20-10-7-11-21-18(20)16-13-8-5-6-9-15(13)22(2)17(16)14(12-20)19(23)24-3/h5-6,8-9,14,18,21H,4,7,10-12H2,1-3H3/t14-,18+,20-/m1/s1. The van der Waals surface area contributed by atoms with Crippen molar-refractivity contribution in [3.8, 4) is 0 Å². The fraction of sp³-hybridized carbons (Fsp3) is 0.550. The van der Waals surface area contributed by atoms with E-state index < -0.39 is 0 Å². The van der Waals surface area contributed by atoms with Crippen LogP contribution in [0.25, 0.3) is 10.9 Å². The van der Waals surface area contributed by atoms with Gasteiger partial charge in [0.1, 0.15) is 0 Å². The van der Waals surface area contributed by atoms with Crippen LogP contribution in [-0.2, 0) is 16.6 Å². The number of carbonyl (C=O) groups is 1. The molecule has 24 heavy (non-hydrogen) atoms. The van der Waals surface area contributed by atoms with Gasteiger partial charge in [-0.25, -0.2) is 0 Å². The third kappa shape index (κ3) is 1.99. The van der Waals surface area contributed by atoms with Crippen LogP contribution in [0.15, 0.2) is 24.3 Å². The average molecular weight is 326 g/mol. The molecule has 0 unspecified atom stereocenters. The highest BCUT2D eigenvalue weighted by molar-refractivity contribution is 5.90. The molecule has 1 aliphatic heterocycles. The molecule has 3 atom stereocenters. The van der Waals surface area contributed by atoms with Gasteiger partial charge in [0.2, 0.25) is 0 Å². The minimum absolute atomic E-state index is 0.0981. The quantitative estimate of drug-likeness (QED) is 0.857. The van der Waals surface area contributed by atoms with E-state index in [0.29, 0.717) is 6.04 Å². The minimum Gasteiger partial charge on any atom is -0.469 e. The fourth-order valence-electron chi connectivity index (χ4n) is 5.21. The lowest BCUT2D eigenvalue weighted by Gasteiger charge is -2.49. The Labute approximate surface area is 143 Å². The Kier molecular flexibility index (Phi) is 3.68. The first kappa shape index (κ1) is 15.7. The summed E-state index contributed by atoms with van der Waals surface area (Å²) in [6, 6.07) is 8.85. The molecule has 0 bridgehead atoms. The van der Waals surface area contributed by atoms with Crippen molar-refractivity contribution in [3.05, 3.63) is 35.5 Å². The predicted octanol–water partition coefficient (Wildman–Crippen LogP) is 3.66. The number of aryl methyl sites for hydroxylation is 1. The Hall–Kier alpha value is -1.81. The number of nitrogens with zero attached hydrogens (tertiary/aromatic N) is 1. The van der Waals surface area contributed by atoms with Gasteiger partial charge in [0.15, 0.2) is 0 Å². The van der Waals surface area contributed by atoms with Crippen molar-refractivity contribution in [2.75, 3.05) is 13.7 Å². The number of benzene rings is 1. The lowest BCUT2D eigenvalue weighted by atomic mass is 9.60. The second kappa shape index (κ2) is 5.62. The molecular weight excluding hydrogens is 300 g/mol. The zero-order valence-corrected chi connectivity index (χ0v) is 14.8. The molecule has 1 N–H and O–H groups in total. The zero-order chi connectivity index (χ0) is 16.9. The Morgan fingerprint density at radius 1 is 1.42 bits per heavy atom. The third-order valence-corrected chi connectivity index (χ3v) is 6.42. The van der Waals surface area contributed by atoms with Crippen molar-refractivity contribution in [2.45, 2.75) is 44.6 Å². The van der Waals surface area contributed by atoms with E-state index in [2.05, 4.69) is 48.1 Å².